The third-order valence-corrected chi connectivity index (χ3v) is 3.44. The van der Waals surface area contributed by atoms with Crippen LogP contribution in [0.1, 0.15) is 24.2 Å². The van der Waals surface area contributed by atoms with Crippen molar-refractivity contribution in [2.75, 3.05) is 19.0 Å². The lowest BCUT2D eigenvalue weighted by atomic mass is 10.0. The molecule has 0 saturated carbocycles. The fourth-order valence-electron chi connectivity index (χ4n) is 2.15. The van der Waals surface area contributed by atoms with Crippen molar-refractivity contribution in [2.45, 2.75) is 13.0 Å². The molecule has 2 aromatic carbocycles. The van der Waals surface area contributed by atoms with Crippen molar-refractivity contribution in [1.82, 2.24) is 0 Å². The Morgan fingerprint density at radius 2 is 1.78 bits per heavy atom. The first-order chi connectivity index (χ1) is 10.9. The summed E-state index contributed by atoms with van der Waals surface area (Å²) in [6.45, 7) is 5.18. The highest BCUT2D eigenvalue weighted by molar-refractivity contribution is 5.87. The van der Waals surface area contributed by atoms with Crippen LogP contribution in [0, 0.1) is 5.82 Å². The molecule has 1 atom stereocenters. The Morgan fingerprint density at radius 1 is 1.13 bits per heavy atom. The van der Waals surface area contributed by atoms with Crippen molar-refractivity contribution < 1.29 is 13.9 Å². The van der Waals surface area contributed by atoms with Crippen molar-refractivity contribution in [3.63, 3.8) is 0 Å². The largest absolute Gasteiger partial charge is 0.449 e. The van der Waals surface area contributed by atoms with Gasteiger partial charge in [0.1, 0.15) is 5.82 Å². The number of anilines is 1. The van der Waals surface area contributed by atoms with Gasteiger partial charge in [0.05, 0.1) is 0 Å². The Morgan fingerprint density at radius 3 is 2.30 bits per heavy atom. The van der Waals surface area contributed by atoms with Gasteiger partial charge in [-0.15, -0.1) is 0 Å². The van der Waals surface area contributed by atoms with E-state index < -0.39 is 12.1 Å². The molecule has 0 amide bonds. The monoisotopic (exact) mass is 313 g/mol. The molecule has 0 fully saturated rings. The normalized spacial score (nSPS) is 11.7. The number of esters is 1. The smallest absolute Gasteiger partial charge is 0.334 e. The van der Waals surface area contributed by atoms with Gasteiger partial charge in [-0.3, -0.25) is 0 Å². The fourth-order valence-corrected chi connectivity index (χ4v) is 2.15. The maximum atomic E-state index is 13.5. The summed E-state index contributed by atoms with van der Waals surface area (Å²) in [4.78, 5) is 13.9. The van der Waals surface area contributed by atoms with E-state index in [2.05, 4.69) is 6.58 Å². The second kappa shape index (κ2) is 7.09. The lowest BCUT2D eigenvalue weighted by Crippen LogP contribution is -2.14. The summed E-state index contributed by atoms with van der Waals surface area (Å²) >= 11 is 0. The van der Waals surface area contributed by atoms with E-state index in [1.807, 2.05) is 43.3 Å². The number of rotatable bonds is 5. The van der Waals surface area contributed by atoms with Gasteiger partial charge in [0, 0.05) is 25.4 Å². The van der Waals surface area contributed by atoms with Gasteiger partial charge in [0.15, 0.2) is 6.10 Å². The molecular weight excluding hydrogens is 293 g/mol. The molecule has 4 heteroatoms. The maximum Gasteiger partial charge on any atom is 0.334 e. The lowest BCUT2D eigenvalue weighted by Gasteiger charge is -2.20. The second-order valence-corrected chi connectivity index (χ2v) is 5.61. The Bertz CT molecular complexity index is 708. The third kappa shape index (κ3) is 4.19. The minimum absolute atomic E-state index is 0.302. The SMILES string of the molecule is C=C(C)C(=O)OC(c1ccc(N(C)C)cc1)c1cccc(F)c1. The van der Waals surface area contributed by atoms with Crippen molar-refractivity contribution >= 4 is 11.7 Å². The number of benzene rings is 2. The zero-order valence-corrected chi connectivity index (χ0v) is 13.5. The van der Waals surface area contributed by atoms with Gasteiger partial charge >= 0.3 is 5.97 Å². The van der Waals surface area contributed by atoms with Crippen LogP contribution in [0.2, 0.25) is 0 Å². The molecule has 0 aliphatic heterocycles. The molecule has 0 spiro atoms. The molecule has 0 radical (unpaired) electrons. The molecule has 2 rings (SSSR count). The van der Waals surface area contributed by atoms with Crippen LogP contribution >= 0.6 is 0 Å². The van der Waals surface area contributed by atoms with Gasteiger partial charge in [-0.2, -0.15) is 0 Å². The topological polar surface area (TPSA) is 29.5 Å². The van der Waals surface area contributed by atoms with Crippen LogP contribution in [0.4, 0.5) is 10.1 Å². The van der Waals surface area contributed by atoms with Gasteiger partial charge < -0.3 is 9.64 Å². The number of halogens is 1. The average Bonchev–Trinajstić information content (AvgIpc) is 2.52. The fraction of sp³-hybridized carbons (Fsp3) is 0.211. The number of carbonyl (C=O) groups is 1. The molecule has 23 heavy (non-hydrogen) atoms. The average molecular weight is 313 g/mol. The minimum atomic E-state index is -0.675. The van der Waals surface area contributed by atoms with Crippen molar-refractivity contribution in [3.8, 4) is 0 Å². The number of ether oxygens (including phenoxy) is 1. The summed E-state index contributed by atoms with van der Waals surface area (Å²) in [5.74, 6) is -0.875. The van der Waals surface area contributed by atoms with Gasteiger partial charge in [-0.1, -0.05) is 30.8 Å². The lowest BCUT2D eigenvalue weighted by molar-refractivity contribution is -0.142. The van der Waals surface area contributed by atoms with Crippen molar-refractivity contribution in [1.29, 1.82) is 0 Å². The highest BCUT2D eigenvalue weighted by Gasteiger charge is 2.20. The van der Waals surface area contributed by atoms with Crippen LogP contribution in [-0.2, 0) is 9.53 Å². The molecule has 120 valence electrons. The highest BCUT2D eigenvalue weighted by atomic mass is 19.1. The van der Waals surface area contributed by atoms with E-state index in [0.29, 0.717) is 11.1 Å². The second-order valence-electron chi connectivity index (χ2n) is 5.61. The number of hydrogen-bond donors (Lipinski definition) is 0. The maximum absolute atomic E-state index is 13.5. The standard InChI is InChI=1S/C19H20FNO2/c1-13(2)19(22)23-18(15-6-5-7-16(20)12-15)14-8-10-17(11-9-14)21(3)4/h5-12,18H,1H2,2-4H3. The molecule has 0 aliphatic carbocycles. The number of carbonyl (C=O) groups excluding carboxylic acids is 1. The molecule has 0 saturated heterocycles. The molecular formula is C19H20FNO2. The van der Waals surface area contributed by atoms with Crippen LogP contribution in [-0.4, -0.2) is 20.1 Å². The molecule has 2 aromatic rings. The molecule has 0 N–H and O–H groups in total. The summed E-state index contributed by atoms with van der Waals surface area (Å²) in [6, 6.07) is 13.7. The van der Waals surface area contributed by atoms with Gasteiger partial charge in [0.2, 0.25) is 0 Å². The zero-order valence-electron chi connectivity index (χ0n) is 13.5. The van der Waals surface area contributed by atoms with Gasteiger partial charge in [-0.25, -0.2) is 9.18 Å². The summed E-state index contributed by atoms with van der Waals surface area (Å²) in [7, 11) is 3.89. The zero-order chi connectivity index (χ0) is 17.0. The first-order valence-corrected chi connectivity index (χ1v) is 7.27. The molecule has 3 nitrogen and oxygen atoms in total. The Labute approximate surface area is 136 Å². The third-order valence-electron chi connectivity index (χ3n) is 3.44. The molecule has 0 bridgehead atoms. The number of hydrogen-bond acceptors (Lipinski definition) is 3. The van der Waals surface area contributed by atoms with Gasteiger partial charge in [-0.05, 0) is 42.3 Å². The molecule has 0 aromatic heterocycles. The van der Waals surface area contributed by atoms with Crippen LogP contribution in [0.15, 0.2) is 60.7 Å². The minimum Gasteiger partial charge on any atom is -0.449 e. The predicted octanol–water partition coefficient (Wildman–Crippen LogP) is 4.10. The summed E-state index contributed by atoms with van der Waals surface area (Å²) in [5, 5.41) is 0. The molecule has 0 heterocycles. The van der Waals surface area contributed by atoms with Crippen molar-refractivity contribution in [2.24, 2.45) is 0 Å². The van der Waals surface area contributed by atoms with Crippen LogP contribution in [0.25, 0.3) is 0 Å². The summed E-state index contributed by atoms with van der Waals surface area (Å²) in [5.41, 5.74) is 2.68. The van der Waals surface area contributed by atoms with E-state index in [4.69, 9.17) is 4.74 Å². The van der Waals surface area contributed by atoms with Crippen molar-refractivity contribution in [3.05, 3.63) is 77.6 Å². The van der Waals surface area contributed by atoms with Crippen LogP contribution in [0.5, 0.6) is 0 Å². The molecule has 1 unspecified atom stereocenters. The quantitative estimate of drug-likeness (QED) is 0.615. The summed E-state index contributed by atoms with van der Waals surface area (Å²) < 4.78 is 19.1. The van der Waals surface area contributed by atoms with Crippen LogP contribution < -0.4 is 4.90 Å². The first-order valence-electron chi connectivity index (χ1n) is 7.27. The van der Waals surface area contributed by atoms with E-state index in [-0.39, 0.29) is 5.82 Å². The predicted molar refractivity (Wildman–Crippen MR) is 89.9 cm³/mol. The summed E-state index contributed by atoms with van der Waals surface area (Å²) in [6.07, 6.45) is -0.675. The Kier molecular flexibility index (Phi) is 5.16. The van der Waals surface area contributed by atoms with Crippen LogP contribution in [0.3, 0.4) is 0 Å². The first kappa shape index (κ1) is 16.7. The number of nitrogens with zero attached hydrogens (tertiary/aromatic N) is 1. The van der Waals surface area contributed by atoms with Gasteiger partial charge in [0.25, 0.3) is 0 Å². The highest BCUT2D eigenvalue weighted by Crippen LogP contribution is 2.28. The van der Waals surface area contributed by atoms with E-state index in [9.17, 15) is 9.18 Å². The van der Waals surface area contributed by atoms with E-state index in [1.54, 1.807) is 19.1 Å². The Balaban J connectivity index is 2.40. The van der Waals surface area contributed by atoms with E-state index >= 15 is 0 Å². The molecule has 0 aliphatic rings. The van der Waals surface area contributed by atoms with E-state index in [1.165, 1.54) is 12.1 Å². The van der Waals surface area contributed by atoms with E-state index in [0.717, 1.165) is 11.3 Å². The Hall–Kier alpha value is -2.62.